The number of nitrogens with one attached hydrogen (secondary N) is 2. The van der Waals surface area contributed by atoms with Gasteiger partial charge in [0.1, 0.15) is 6.54 Å². The van der Waals surface area contributed by atoms with Gasteiger partial charge in [-0.25, -0.2) is 8.42 Å². The molecule has 1 aliphatic heterocycles. The van der Waals surface area contributed by atoms with E-state index >= 15 is 0 Å². The summed E-state index contributed by atoms with van der Waals surface area (Å²) in [7, 11) is -3.96. The normalized spacial score (nSPS) is 14.0. The summed E-state index contributed by atoms with van der Waals surface area (Å²) < 4.78 is 75.0. The molecule has 1 heterocycles. The molecule has 0 aromatic heterocycles. The van der Waals surface area contributed by atoms with E-state index in [1.165, 1.54) is 42.5 Å². The van der Waals surface area contributed by atoms with Gasteiger partial charge in [0.25, 0.3) is 15.9 Å². The van der Waals surface area contributed by atoms with Crippen LogP contribution in [0.2, 0.25) is 0 Å². The Morgan fingerprint density at radius 2 is 1.66 bits per heavy atom. The summed E-state index contributed by atoms with van der Waals surface area (Å²) >= 11 is 0. The minimum Gasteiger partial charge on any atom is -0.490 e. The zero-order valence-electron chi connectivity index (χ0n) is 15.0. The molecule has 2 N–H and O–H groups in total. The molecule has 0 atom stereocenters. The predicted molar refractivity (Wildman–Crippen MR) is 97.7 cm³/mol. The first-order valence-corrected chi connectivity index (χ1v) is 10.00. The van der Waals surface area contributed by atoms with E-state index in [0.29, 0.717) is 31.1 Å². The summed E-state index contributed by atoms with van der Waals surface area (Å²) in [5, 5.41) is 1.74. The molecule has 11 heteroatoms. The third-order valence-electron chi connectivity index (χ3n) is 3.88. The second kappa shape index (κ2) is 8.19. The van der Waals surface area contributed by atoms with E-state index in [9.17, 15) is 26.4 Å². The van der Waals surface area contributed by atoms with Crippen molar-refractivity contribution in [2.24, 2.45) is 0 Å². The molecule has 0 spiro atoms. The summed E-state index contributed by atoms with van der Waals surface area (Å²) in [6.07, 6.45) is -3.84. The minimum atomic E-state index is -4.52. The SMILES string of the molecule is O=C(NCC(F)(F)F)c1ccc(NS(=O)(=O)c2ccc3c(c2)OCCCO3)cc1. The lowest BCUT2D eigenvalue weighted by Crippen LogP contribution is -2.33. The van der Waals surface area contributed by atoms with Crippen LogP contribution in [0, 0.1) is 0 Å². The Balaban J connectivity index is 1.71. The molecule has 3 rings (SSSR count). The fourth-order valence-electron chi connectivity index (χ4n) is 2.50. The Kier molecular flexibility index (Phi) is 5.87. The van der Waals surface area contributed by atoms with Crippen molar-refractivity contribution >= 4 is 21.6 Å². The summed E-state index contributed by atoms with van der Waals surface area (Å²) in [6.45, 7) is -0.577. The van der Waals surface area contributed by atoms with E-state index < -0.39 is 28.7 Å². The smallest absolute Gasteiger partial charge is 0.405 e. The predicted octanol–water partition coefficient (Wildman–Crippen LogP) is 2.94. The average molecular weight is 430 g/mol. The van der Waals surface area contributed by atoms with Crippen molar-refractivity contribution in [3.63, 3.8) is 0 Å². The van der Waals surface area contributed by atoms with Gasteiger partial charge in [0.15, 0.2) is 11.5 Å². The molecule has 2 aromatic carbocycles. The lowest BCUT2D eigenvalue weighted by Gasteiger charge is -2.12. The van der Waals surface area contributed by atoms with Gasteiger partial charge in [0.05, 0.1) is 18.1 Å². The molecule has 0 unspecified atom stereocenters. The fraction of sp³-hybridized carbons (Fsp3) is 0.278. The van der Waals surface area contributed by atoms with Crippen molar-refractivity contribution in [2.45, 2.75) is 17.5 Å². The second-order valence-electron chi connectivity index (χ2n) is 6.14. The third-order valence-corrected chi connectivity index (χ3v) is 5.26. The van der Waals surface area contributed by atoms with Crippen molar-refractivity contribution in [3.05, 3.63) is 48.0 Å². The van der Waals surface area contributed by atoms with Crippen LogP contribution in [-0.4, -0.2) is 40.3 Å². The summed E-state index contributed by atoms with van der Waals surface area (Å²) in [5.74, 6) is -0.141. The highest BCUT2D eigenvalue weighted by Gasteiger charge is 2.28. The molecule has 1 amide bonds. The maximum absolute atomic E-state index is 12.6. The van der Waals surface area contributed by atoms with Gasteiger partial charge < -0.3 is 14.8 Å². The first-order valence-electron chi connectivity index (χ1n) is 8.51. The minimum absolute atomic E-state index is 0.0345. The molecule has 0 bridgehead atoms. The van der Waals surface area contributed by atoms with Gasteiger partial charge in [0, 0.05) is 23.7 Å². The Labute approximate surface area is 164 Å². The van der Waals surface area contributed by atoms with Crippen molar-refractivity contribution in [1.29, 1.82) is 0 Å². The number of hydrogen-bond donors (Lipinski definition) is 2. The highest BCUT2D eigenvalue weighted by atomic mass is 32.2. The molecule has 156 valence electrons. The molecule has 7 nitrogen and oxygen atoms in total. The Morgan fingerprint density at radius 3 is 2.31 bits per heavy atom. The number of carbonyl (C=O) groups excluding carboxylic acids is 1. The van der Waals surface area contributed by atoms with Crippen molar-refractivity contribution < 1.29 is 35.9 Å². The molecule has 0 fully saturated rings. The number of ether oxygens (including phenoxy) is 2. The summed E-state index contributed by atoms with van der Waals surface area (Å²) in [4.78, 5) is 11.7. The topological polar surface area (TPSA) is 93.7 Å². The van der Waals surface area contributed by atoms with Crippen molar-refractivity contribution in [1.82, 2.24) is 5.32 Å². The first kappa shape index (κ1) is 20.8. The van der Waals surface area contributed by atoms with Crippen LogP contribution < -0.4 is 19.5 Å². The van der Waals surface area contributed by atoms with Crippen LogP contribution in [0.15, 0.2) is 47.4 Å². The van der Waals surface area contributed by atoms with E-state index in [0.717, 1.165) is 0 Å². The number of rotatable bonds is 5. The Hall–Kier alpha value is -2.95. The van der Waals surface area contributed by atoms with E-state index in [4.69, 9.17) is 9.47 Å². The fourth-order valence-corrected chi connectivity index (χ4v) is 3.57. The monoisotopic (exact) mass is 430 g/mol. The number of alkyl halides is 3. The van der Waals surface area contributed by atoms with Crippen LogP contribution >= 0.6 is 0 Å². The number of sulfonamides is 1. The number of anilines is 1. The largest absolute Gasteiger partial charge is 0.490 e. The molecular formula is C18H17F3N2O5S. The lowest BCUT2D eigenvalue weighted by atomic mass is 10.2. The number of fused-ring (bicyclic) bond motifs is 1. The molecule has 1 aliphatic rings. The molecule has 0 saturated heterocycles. The summed E-state index contributed by atoms with van der Waals surface area (Å²) in [5.41, 5.74) is 0.109. The zero-order chi connectivity index (χ0) is 21.1. The second-order valence-corrected chi connectivity index (χ2v) is 7.82. The molecule has 0 radical (unpaired) electrons. The average Bonchev–Trinajstić information content (AvgIpc) is 2.90. The molecule has 29 heavy (non-hydrogen) atoms. The highest BCUT2D eigenvalue weighted by molar-refractivity contribution is 7.92. The van der Waals surface area contributed by atoms with Crippen LogP contribution in [0.3, 0.4) is 0 Å². The van der Waals surface area contributed by atoms with Crippen LogP contribution in [-0.2, 0) is 10.0 Å². The maximum Gasteiger partial charge on any atom is 0.405 e. The number of amides is 1. The van der Waals surface area contributed by atoms with Gasteiger partial charge in [-0.3, -0.25) is 9.52 Å². The lowest BCUT2D eigenvalue weighted by molar-refractivity contribution is -0.123. The Bertz CT molecular complexity index is 992. The van der Waals surface area contributed by atoms with Crippen LogP contribution in [0.25, 0.3) is 0 Å². The van der Waals surface area contributed by atoms with E-state index in [2.05, 4.69) is 4.72 Å². The number of hydrogen-bond acceptors (Lipinski definition) is 5. The van der Waals surface area contributed by atoms with E-state index in [1.807, 2.05) is 0 Å². The van der Waals surface area contributed by atoms with Gasteiger partial charge in [-0.1, -0.05) is 0 Å². The molecular weight excluding hydrogens is 413 g/mol. The summed E-state index contributed by atoms with van der Waals surface area (Å²) in [6, 6.07) is 9.22. The van der Waals surface area contributed by atoms with Crippen LogP contribution in [0.1, 0.15) is 16.8 Å². The number of halogens is 3. The molecule has 0 saturated carbocycles. The zero-order valence-corrected chi connectivity index (χ0v) is 15.8. The Morgan fingerprint density at radius 1 is 1.00 bits per heavy atom. The van der Waals surface area contributed by atoms with E-state index in [1.54, 1.807) is 5.32 Å². The number of carbonyl (C=O) groups is 1. The van der Waals surface area contributed by atoms with Crippen LogP contribution in [0.4, 0.5) is 18.9 Å². The molecule has 2 aromatic rings. The van der Waals surface area contributed by atoms with Gasteiger partial charge in [-0.05, 0) is 36.4 Å². The van der Waals surface area contributed by atoms with Crippen LogP contribution in [0.5, 0.6) is 11.5 Å². The van der Waals surface area contributed by atoms with E-state index in [-0.39, 0.29) is 16.1 Å². The molecule has 0 aliphatic carbocycles. The standard InChI is InChI=1S/C18H17F3N2O5S/c19-18(20,21)11-22-17(24)12-2-4-13(5-3-12)23-29(25,26)14-6-7-15-16(10-14)28-9-1-8-27-15/h2-7,10,23H,1,8-9,11H2,(H,22,24). The van der Waals surface area contributed by atoms with Crippen molar-refractivity contribution in [2.75, 3.05) is 24.5 Å². The maximum atomic E-state index is 12.6. The van der Waals surface area contributed by atoms with Gasteiger partial charge in [-0.15, -0.1) is 0 Å². The highest BCUT2D eigenvalue weighted by Crippen LogP contribution is 2.32. The van der Waals surface area contributed by atoms with Gasteiger partial charge >= 0.3 is 6.18 Å². The quantitative estimate of drug-likeness (QED) is 0.761. The van der Waals surface area contributed by atoms with Gasteiger partial charge in [-0.2, -0.15) is 13.2 Å². The first-order chi connectivity index (χ1) is 13.6. The number of benzene rings is 2. The third kappa shape index (κ3) is 5.53. The van der Waals surface area contributed by atoms with Crippen molar-refractivity contribution in [3.8, 4) is 11.5 Å². The van der Waals surface area contributed by atoms with Gasteiger partial charge in [0.2, 0.25) is 0 Å².